The molecule has 1 aromatic rings. The maximum absolute atomic E-state index is 12.6. The number of carbonyl (C=O) groups excluding carboxylic acids is 1. The van der Waals surface area contributed by atoms with E-state index in [1.165, 1.54) is 6.92 Å². The highest BCUT2D eigenvalue weighted by molar-refractivity contribution is 6.35. The fourth-order valence-electron chi connectivity index (χ4n) is 1.16. The van der Waals surface area contributed by atoms with E-state index < -0.39 is 22.7 Å². The summed E-state index contributed by atoms with van der Waals surface area (Å²) in [5, 5.41) is -0.677. The first-order valence-electron chi connectivity index (χ1n) is 4.69. The van der Waals surface area contributed by atoms with Gasteiger partial charge in [0.15, 0.2) is 0 Å². The summed E-state index contributed by atoms with van der Waals surface area (Å²) < 4.78 is 37.7. The van der Waals surface area contributed by atoms with E-state index in [1.54, 1.807) is 0 Å². The third-order valence-electron chi connectivity index (χ3n) is 2.01. The van der Waals surface area contributed by atoms with Crippen LogP contribution in [0.3, 0.4) is 0 Å². The lowest BCUT2D eigenvalue weighted by Gasteiger charge is -2.10. The molecule has 0 aromatic heterocycles. The first-order valence-corrected chi connectivity index (χ1v) is 5.07. The summed E-state index contributed by atoms with van der Waals surface area (Å²) in [4.78, 5) is 15.0. The highest BCUT2D eigenvalue weighted by Crippen LogP contribution is 2.36. The van der Waals surface area contributed by atoms with Crippen LogP contribution in [-0.4, -0.2) is 11.6 Å². The van der Waals surface area contributed by atoms with E-state index in [9.17, 15) is 18.0 Å². The third-order valence-corrected chi connectivity index (χ3v) is 2.42. The molecule has 0 saturated heterocycles. The van der Waals surface area contributed by atoms with E-state index in [-0.39, 0.29) is 11.3 Å². The summed E-state index contributed by atoms with van der Waals surface area (Å²) >= 11 is 5.55. The highest BCUT2D eigenvalue weighted by atomic mass is 35.5. The van der Waals surface area contributed by atoms with E-state index in [1.807, 2.05) is 0 Å². The molecular formula is C12H7ClF3NO. The molecule has 0 fully saturated rings. The first kappa shape index (κ1) is 14.3. The van der Waals surface area contributed by atoms with Gasteiger partial charge in [0.2, 0.25) is 0 Å². The molecule has 18 heavy (non-hydrogen) atoms. The predicted octanol–water partition coefficient (Wildman–Crippen LogP) is 3.59. The normalized spacial score (nSPS) is 12.1. The number of carbonyl (C=O) groups is 1. The molecule has 0 aliphatic rings. The van der Waals surface area contributed by atoms with Crippen LogP contribution in [0.5, 0.6) is 0 Å². The molecule has 6 heteroatoms. The Labute approximate surface area is 106 Å². The van der Waals surface area contributed by atoms with Gasteiger partial charge < -0.3 is 0 Å². The van der Waals surface area contributed by atoms with Crippen molar-refractivity contribution in [3.8, 4) is 12.3 Å². The Balaban J connectivity index is 3.30. The van der Waals surface area contributed by atoms with Crippen LogP contribution in [0.25, 0.3) is 0 Å². The minimum Gasteiger partial charge on any atom is -0.267 e. The summed E-state index contributed by atoms with van der Waals surface area (Å²) in [5.41, 5.74) is -1.35. The van der Waals surface area contributed by atoms with Crippen LogP contribution in [0.15, 0.2) is 23.2 Å². The summed E-state index contributed by atoms with van der Waals surface area (Å²) in [7, 11) is 0. The zero-order chi connectivity index (χ0) is 13.9. The second-order valence-electron chi connectivity index (χ2n) is 3.31. The number of benzene rings is 1. The van der Waals surface area contributed by atoms with Gasteiger partial charge in [-0.2, -0.15) is 13.2 Å². The van der Waals surface area contributed by atoms with Crippen LogP contribution in [0.2, 0.25) is 5.02 Å². The summed E-state index contributed by atoms with van der Waals surface area (Å²) in [5.74, 6) is 1.19. The summed E-state index contributed by atoms with van der Waals surface area (Å²) in [6.45, 7) is 1.39. The number of aliphatic imine (C=N–C) groups is 1. The van der Waals surface area contributed by atoms with E-state index in [2.05, 4.69) is 10.9 Å². The van der Waals surface area contributed by atoms with Crippen molar-refractivity contribution in [1.29, 1.82) is 0 Å². The molecule has 0 atom stereocenters. The van der Waals surface area contributed by atoms with Gasteiger partial charge in [-0.1, -0.05) is 23.6 Å². The monoisotopic (exact) mass is 273 g/mol. The average Bonchev–Trinajstić information content (AvgIpc) is 2.27. The van der Waals surface area contributed by atoms with Crippen molar-refractivity contribution < 1.29 is 18.0 Å². The molecular weight excluding hydrogens is 267 g/mol. The smallest absolute Gasteiger partial charge is 0.267 e. The molecule has 1 amide bonds. The molecule has 0 N–H and O–H groups in total. The number of halogens is 4. The first-order chi connectivity index (χ1) is 8.27. The third kappa shape index (κ3) is 3.11. The number of terminal acetylenes is 1. The summed E-state index contributed by atoms with van der Waals surface area (Å²) in [6.07, 6.45) is 0.363. The van der Waals surface area contributed by atoms with Gasteiger partial charge in [0.05, 0.1) is 21.9 Å². The van der Waals surface area contributed by atoms with Gasteiger partial charge in [0.25, 0.3) is 5.91 Å². The Hall–Kier alpha value is -1.80. The van der Waals surface area contributed by atoms with Crippen LogP contribution in [-0.2, 0) is 6.18 Å². The van der Waals surface area contributed by atoms with Gasteiger partial charge in [0.1, 0.15) is 0 Å². The number of alkyl halides is 3. The number of hydrogen-bond acceptors (Lipinski definition) is 1. The Kier molecular flexibility index (Phi) is 4.15. The molecule has 0 spiro atoms. The van der Waals surface area contributed by atoms with Gasteiger partial charge in [-0.25, -0.2) is 4.99 Å². The van der Waals surface area contributed by atoms with Gasteiger partial charge >= 0.3 is 6.18 Å². The fraction of sp³-hybridized carbons (Fsp3) is 0.167. The Bertz CT molecular complexity index is 555. The van der Waals surface area contributed by atoms with Crippen molar-refractivity contribution in [2.75, 3.05) is 0 Å². The van der Waals surface area contributed by atoms with E-state index >= 15 is 0 Å². The van der Waals surface area contributed by atoms with Gasteiger partial charge in [0, 0.05) is 0 Å². The lowest BCUT2D eigenvalue weighted by molar-refractivity contribution is -0.137. The zero-order valence-corrected chi connectivity index (χ0v) is 9.93. The minimum atomic E-state index is -4.63. The quantitative estimate of drug-likeness (QED) is 0.568. The fourth-order valence-corrected chi connectivity index (χ4v) is 1.47. The number of hydrogen-bond donors (Lipinski definition) is 0. The van der Waals surface area contributed by atoms with Crippen LogP contribution in [0.1, 0.15) is 22.8 Å². The second-order valence-corrected chi connectivity index (χ2v) is 3.69. The maximum Gasteiger partial charge on any atom is 0.417 e. The molecule has 0 radical (unpaired) electrons. The van der Waals surface area contributed by atoms with E-state index in [4.69, 9.17) is 18.0 Å². The Morgan fingerprint density at radius 2 is 2.06 bits per heavy atom. The lowest BCUT2D eigenvalue weighted by atomic mass is 10.1. The molecule has 1 rings (SSSR count). The van der Waals surface area contributed by atoms with Gasteiger partial charge in [-0.15, -0.1) is 6.42 Å². The van der Waals surface area contributed by atoms with Crippen molar-refractivity contribution in [3.63, 3.8) is 0 Å². The average molecular weight is 274 g/mol. The maximum atomic E-state index is 12.6. The van der Waals surface area contributed by atoms with Crippen molar-refractivity contribution >= 4 is 23.2 Å². The Morgan fingerprint density at radius 3 is 2.56 bits per heavy atom. The van der Waals surface area contributed by atoms with E-state index in [0.717, 1.165) is 18.2 Å². The van der Waals surface area contributed by atoms with Gasteiger partial charge in [-0.05, 0) is 19.1 Å². The van der Waals surface area contributed by atoms with Crippen molar-refractivity contribution in [2.24, 2.45) is 4.99 Å². The molecule has 0 heterocycles. The number of amides is 1. The Morgan fingerprint density at radius 1 is 1.44 bits per heavy atom. The second kappa shape index (κ2) is 5.23. The molecule has 0 saturated carbocycles. The van der Waals surface area contributed by atoms with Crippen molar-refractivity contribution in [3.05, 3.63) is 34.3 Å². The number of nitrogens with zero attached hydrogens (tertiary/aromatic N) is 1. The standard InChI is InChI=1S/C12H7ClF3NO/c1-3-7(2)17-11(18)8-5-4-6-9(10(8)13)12(14,15)16/h1,4-6H,2H3. The van der Waals surface area contributed by atoms with Crippen molar-refractivity contribution in [2.45, 2.75) is 13.1 Å². The molecule has 94 valence electrons. The largest absolute Gasteiger partial charge is 0.417 e. The van der Waals surface area contributed by atoms with Crippen LogP contribution >= 0.6 is 11.6 Å². The highest BCUT2D eigenvalue weighted by Gasteiger charge is 2.34. The summed E-state index contributed by atoms with van der Waals surface area (Å²) in [6, 6.07) is 3.03. The predicted molar refractivity (Wildman–Crippen MR) is 62.7 cm³/mol. The van der Waals surface area contributed by atoms with Crippen LogP contribution in [0, 0.1) is 12.3 Å². The number of rotatable bonds is 1. The van der Waals surface area contributed by atoms with E-state index in [0.29, 0.717) is 0 Å². The van der Waals surface area contributed by atoms with Crippen LogP contribution < -0.4 is 0 Å². The van der Waals surface area contributed by atoms with Crippen LogP contribution in [0.4, 0.5) is 13.2 Å². The minimum absolute atomic E-state index is 0.0634. The topological polar surface area (TPSA) is 29.4 Å². The van der Waals surface area contributed by atoms with Crippen molar-refractivity contribution in [1.82, 2.24) is 0 Å². The van der Waals surface area contributed by atoms with Gasteiger partial charge in [-0.3, -0.25) is 4.79 Å². The molecule has 2 nitrogen and oxygen atoms in total. The molecule has 0 aliphatic carbocycles. The molecule has 1 aromatic carbocycles. The SMILES string of the molecule is C#CC(C)=NC(=O)c1cccc(C(F)(F)F)c1Cl. The molecule has 0 bridgehead atoms. The lowest BCUT2D eigenvalue weighted by Crippen LogP contribution is -2.09. The zero-order valence-electron chi connectivity index (χ0n) is 9.18. The molecule has 0 aliphatic heterocycles. The molecule has 0 unspecified atom stereocenters.